The number of aryl methyl sites for hydroxylation is 1. The SMILES string of the molecule is NCC(CCCCc1ccccc1)NCc1ccc2cnccc2c1. The van der Waals surface area contributed by atoms with Gasteiger partial charge in [-0.1, -0.05) is 48.9 Å². The van der Waals surface area contributed by atoms with Crippen LogP contribution in [0.3, 0.4) is 0 Å². The van der Waals surface area contributed by atoms with Gasteiger partial charge in [-0.25, -0.2) is 0 Å². The van der Waals surface area contributed by atoms with Crippen molar-refractivity contribution in [2.45, 2.75) is 38.3 Å². The Morgan fingerprint density at radius 3 is 2.64 bits per heavy atom. The Morgan fingerprint density at radius 1 is 0.920 bits per heavy atom. The molecular formula is C22H27N3. The Morgan fingerprint density at radius 2 is 1.80 bits per heavy atom. The number of fused-ring (bicyclic) bond motifs is 1. The monoisotopic (exact) mass is 333 g/mol. The molecule has 0 spiro atoms. The Balaban J connectivity index is 1.43. The Bertz CT molecular complexity index is 770. The molecule has 3 aromatic rings. The van der Waals surface area contributed by atoms with Crippen LogP contribution in [0.25, 0.3) is 10.8 Å². The van der Waals surface area contributed by atoms with Crippen LogP contribution < -0.4 is 11.1 Å². The molecule has 0 saturated carbocycles. The van der Waals surface area contributed by atoms with Crippen LogP contribution in [0.5, 0.6) is 0 Å². The van der Waals surface area contributed by atoms with Gasteiger partial charge in [0.25, 0.3) is 0 Å². The second-order valence-electron chi connectivity index (χ2n) is 6.60. The number of unbranched alkanes of at least 4 members (excludes halogenated alkanes) is 1. The van der Waals surface area contributed by atoms with E-state index in [2.05, 4.69) is 64.9 Å². The predicted octanol–water partition coefficient (Wildman–Crippen LogP) is 4.06. The second-order valence-corrected chi connectivity index (χ2v) is 6.60. The predicted molar refractivity (Wildman–Crippen MR) is 105 cm³/mol. The van der Waals surface area contributed by atoms with E-state index in [4.69, 9.17) is 5.73 Å². The van der Waals surface area contributed by atoms with Crippen molar-refractivity contribution in [3.63, 3.8) is 0 Å². The Labute approximate surface area is 150 Å². The number of aromatic nitrogens is 1. The highest BCUT2D eigenvalue weighted by Gasteiger charge is 2.06. The van der Waals surface area contributed by atoms with Crippen molar-refractivity contribution in [1.29, 1.82) is 0 Å². The summed E-state index contributed by atoms with van der Waals surface area (Å²) in [5, 5.41) is 6.03. The summed E-state index contributed by atoms with van der Waals surface area (Å²) in [6.07, 6.45) is 8.44. The van der Waals surface area contributed by atoms with Gasteiger partial charge >= 0.3 is 0 Å². The highest BCUT2D eigenvalue weighted by atomic mass is 14.9. The minimum absolute atomic E-state index is 0.379. The van der Waals surface area contributed by atoms with Crippen LogP contribution in [0.15, 0.2) is 67.0 Å². The number of nitrogens with one attached hydrogen (secondary N) is 1. The van der Waals surface area contributed by atoms with E-state index < -0.39 is 0 Å². The summed E-state index contributed by atoms with van der Waals surface area (Å²) in [6, 6.07) is 19.7. The lowest BCUT2D eigenvalue weighted by Gasteiger charge is -2.17. The topological polar surface area (TPSA) is 50.9 Å². The third-order valence-electron chi connectivity index (χ3n) is 4.70. The first-order chi connectivity index (χ1) is 12.3. The van der Waals surface area contributed by atoms with E-state index in [9.17, 15) is 0 Å². The standard InChI is InChI=1S/C22H27N3/c23-15-22(9-5-4-8-18-6-2-1-3-7-18)25-16-19-10-11-21-17-24-13-12-20(21)14-19/h1-3,6-7,10-14,17,22,25H,4-5,8-9,15-16,23H2. The lowest BCUT2D eigenvalue weighted by atomic mass is 10.0. The molecule has 1 heterocycles. The van der Waals surface area contributed by atoms with E-state index in [-0.39, 0.29) is 0 Å². The van der Waals surface area contributed by atoms with E-state index in [0.717, 1.165) is 19.4 Å². The van der Waals surface area contributed by atoms with Crippen molar-refractivity contribution in [1.82, 2.24) is 10.3 Å². The normalized spacial score (nSPS) is 12.4. The van der Waals surface area contributed by atoms with Crippen LogP contribution in [0, 0.1) is 0 Å². The largest absolute Gasteiger partial charge is 0.329 e. The Kier molecular flexibility index (Phi) is 6.55. The summed E-state index contributed by atoms with van der Waals surface area (Å²) in [5.74, 6) is 0. The average molecular weight is 333 g/mol. The first-order valence-electron chi connectivity index (χ1n) is 9.15. The zero-order chi connectivity index (χ0) is 17.3. The molecule has 1 unspecified atom stereocenters. The molecule has 3 heteroatoms. The summed E-state index contributed by atoms with van der Waals surface area (Å²) in [5.41, 5.74) is 8.66. The molecule has 3 nitrogen and oxygen atoms in total. The highest BCUT2D eigenvalue weighted by Crippen LogP contribution is 2.15. The smallest absolute Gasteiger partial charge is 0.0346 e. The molecule has 0 aliphatic carbocycles. The zero-order valence-corrected chi connectivity index (χ0v) is 14.7. The van der Waals surface area contributed by atoms with Crippen LogP contribution in [0.2, 0.25) is 0 Å². The molecule has 0 fully saturated rings. The molecule has 1 aromatic heterocycles. The first kappa shape index (κ1) is 17.6. The molecule has 0 saturated heterocycles. The lowest BCUT2D eigenvalue weighted by molar-refractivity contribution is 0.466. The summed E-state index contributed by atoms with van der Waals surface area (Å²) in [6.45, 7) is 1.54. The molecule has 130 valence electrons. The van der Waals surface area contributed by atoms with Gasteiger partial charge in [0.05, 0.1) is 0 Å². The summed E-state index contributed by atoms with van der Waals surface area (Å²) in [7, 11) is 0. The van der Waals surface area contributed by atoms with Crippen LogP contribution >= 0.6 is 0 Å². The molecule has 0 amide bonds. The zero-order valence-electron chi connectivity index (χ0n) is 14.7. The van der Waals surface area contributed by atoms with E-state index in [1.165, 1.54) is 34.7 Å². The van der Waals surface area contributed by atoms with Crippen LogP contribution in [-0.4, -0.2) is 17.6 Å². The number of pyridine rings is 1. The van der Waals surface area contributed by atoms with Gasteiger partial charge in [0.15, 0.2) is 0 Å². The maximum absolute atomic E-state index is 5.95. The van der Waals surface area contributed by atoms with Crippen molar-refractivity contribution in [3.05, 3.63) is 78.1 Å². The van der Waals surface area contributed by atoms with Gasteiger partial charge in [-0.05, 0) is 47.9 Å². The van der Waals surface area contributed by atoms with Crippen molar-refractivity contribution in [2.75, 3.05) is 6.54 Å². The molecule has 0 aliphatic rings. The molecule has 25 heavy (non-hydrogen) atoms. The molecule has 0 bridgehead atoms. The van der Waals surface area contributed by atoms with E-state index in [1.54, 1.807) is 0 Å². The van der Waals surface area contributed by atoms with Crippen LogP contribution in [0.1, 0.15) is 30.4 Å². The summed E-state index contributed by atoms with van der Waals surface area (Å²) >= 11 is 0. The van der Waals surface area contributed by atoms with Crippen molar-refractivity contribution >= 4 is 10.8 Å². The van der Waals surface area contributed by atoms with Gasteiger partial charge in [0.1, 0.15) is 0 Å². The molecule has 3 rings (SSSR count). The minimum Gasteiger partial charge on any atom is -0.329 e. The van der Waals surface area contributed by atoms with Crippen molar-refractivity contribution < 1.29 is 0 Å². The molecule has 0 aliphatic heterocycles. The lowest BCUT2D eigenvalue weighted by Crippen LogP contribution is -2.35. The fraction of sp³-hybridized carbons (Fsp3) is 0.318. The Hall–Kier alpha value is -2.23. The summed E-state index contributed by atoms with van der Waals surface area (Å²) < 4.78 is 0. The summed E-state index contributed by atoms with van der Waals surface area (Å²) in [4.78, 5) is 4.16. The third-order valence-corrected chi connectivity index (χ3v) is 4.70. The fourth-order valence-electron chi connectivity index (χ4n) is 3.17. The van der Waals surface area contributed by atoms with Gasteiger partial charge < -0.3 is 11.1 Å². The number of hydrogen-bond donors (Lipinski definition) is 2. The number of benzene rings is 2. The van der Waals surface area contributed by atoms with Crippen molar-refractivity contribution in [3.8, 4) is 0 Å². The molecule has 0 radical (unpaired) electrons. The molecule has 1 atom stereocenters. The van der Waals surface area contributed by atoms with Gasteiger partial charge in [0, 0.05) is 36.9 Å². The van der Waals surface area contributed by atoms with E-state index >= 15 is 0 Å². The molecule has 3 N–H and O–H groups in total. The first-order valence-corrected chi connectivity index (χ1v) is 9.15. The fourth-order valence-corrected chi connectivity index (χ4v) is 3.17. The number of nitrogens with zero attached hydrogens (tertiary/aromatic N) is 1. The highest BCUT2D eigenvalue weighted by molar-refractivity contribution is 5.81. The third kappa shape index (κ3) is 5.38. The average Bonchev–Trinajstić information content (AvgIpc) is 2.68. The van der Waals surface area contributed by atoms with Gasteiger partial charge in [-0.3, -0.25) is 4.98 Å². The van der Waals surface area contributed by atoms with Gasteiger partial charge in [0.2, 0.25) is 0 Å². The van der Waals surface area contributed by atoms with Crippen LogP contribution in [-0.2, 0) is 13.0 Å². The maximum atomic E-state index is 5.95. The minimum atomic E-state index is 0.379. The molecular weight excluding hydrogens is 306 g/mol. The van der Waals surface area contributed by atoms with E-state index in [0.29, 0.717) is 12.6 Å². The number of rotatable bonds is 9. The van der Waals surface area contributed by atoms with Gasteiger partial charge in [-0.2, -0.15) is 0 Å². The van der Waals surface area contributed by atoms with Crippen molar-refractivity contribution in [2.24, 2.45) is 5.73 Å². The molecule has 2 aromatic carbocycles. The second kappa shape index (κ2) is 9.30. The maximum Gasteiger partial charge on any atom is 0.0346 e. The van der Waals surface area contributed by atoms with E-state index in [1.807, 2.05) is 12.4 Å². The number of hydrogen-bond acceptors (Lipinski definition) is 3. The van der Waals surface area contributed by atoms with Gasteiger partial charge in [-0.15, -0.1) is 0 Å². The quantitative estimate of drug-likeness (QED) is 0.581. The van der Waals surface area contributed by atoms with Crippen LogP contribution in [0.4, 0.5) is 0 Å². The number of nitrogens with two attached hydrogens (primary N) is 1.